The lowest BCUT2D eigenvalue weighted by atomic mass is 10.1. The maximum absolute atomic E-state index is 12.2. The number of benzene rings is 1. The number of hydrogen-bond donors (Lipinski definition) is 1. The molecule has 20 heavy (non-hydrogen) atoms. The van der Waals surface area contributed by atoms with Gasteiger partial charge < -0.3 is 15.4 Å². The van der Waals surface area contributed by atoms with Crippen LogP contribution in [0.1, 0.15) is 43.9 Å². The molecule has 1 atom stereocenters. The summed E-state index contributed by atoms with van der Waals surface area (Å²) >= 11 is 0. The maximum Gasteiger partial charge on any atom is 0.260 e. The molecule has 0 bridgehead atoms. The molecular weight excluding hydrogens is 252 g/mol. The first-order chi connectivity index (χ1) is 9.52. The molecule has 2 rings (SSSR count). The highest BCUT2D eigenvalue weighted by Crippen LogP contribution is 2.28. The van der Waals surface area contributed by atoms with Crippen molar-refractivity contribution in [1.82, 2.24) is 4.90 Å². The Kier molecular flexibility index (Phi) is 4.65. The Labute approximate surface area is 120 Å². The van der Waals surface area contributed by atoms with E-state index in [9.17, 15) is 4.79 Å². The Morgan fingerprint density at radius 1 is 1.50 bits per heavy atom. The Hall–Kier alpha value is -1.55. The first kappa shape index (κ1) is 14.9. The number of carbonyl (C=O) groups is 1. The molecule has 4 heteroatoms. The van der Waals surface area contributed by atoms with Crippen LogP contribution >= 0.6 is 0 Å². The number of amides is 1. The normalized spacial score (nSPS) is 15.8. The van der Waals surface area contributed by atoms with E-state index in [1.807, 2.05) is 43.9 Å². The largest absolute Gasteiger partial charge is 0.483 e. The van der Waals surface area contributed by atoms with Crippen molar-refractivity contribution in [2.75, 3.05) is 13.2 Å². The lowest BCUT2D eigenvalue weighted by Gasteiger charge is -2.21. The molecule has 1 aliphatic carbocycles. The highest BCUT2D eigenvalue weighted by Gasteiger charge is 2.31. The summed E-state index contributed by atoms with van der Waals surface area (Å²) in [5.41, 5.74) is 7.99. The molecule has 0 heterocycles. The van der Waals surface area contributed by atoms with E-state index in [0.29, 0.717) is 6.04 Å². The molecule has 1 fully saturated rings. The molecule has 1 aliphatic rings. The van der Waals surface area contributed by atoms with E-state index in [0.717, 1.165) is 36.3 Å². The van der Waals surface area contributed by atoms with Crippen molar-refractivity contribution in [3.8, 4) is 5.75 Å². The van der Waals surface area contributed by atoms with Crippen LogP contribution in [0.3, 0.4) is 0 Å². The minimum atomic E-state index is -0.105. The van der Waals surface area contributed by atoms with E-state index >= 15 is 0 Å². The third-order valence-electron chi connectivity index (χ3n) is 3.66. The van der Waals surface area contributed by atoms with E-state index < -0.39 is 0 Å². The molecule has 0 aromatic heterocycles. The van der Waals surface area contributed by atoms with Gasteiger partial charge in [0, 0.05) is 24.2 Å². The summed E-state index contributed by atoms with van der Waals surface area (Å²) in [4.78, 5) is 14.1. The van der Waals surface area contributed by atoms with Crippen LogP contribution in [0.4, 0.5) is 0 Å². The molecule has 4 nitrogen and oxygen atoms in total. The van der Waals surface area contributed by atoms with Crippen molar-refractivity contribution < 1.29 is 9.53 Å². The molecule has 1 aromatic rings. The molecule has 2 N–H and O–H groups in total. The second kappa shape index (κ2) is 6.27. The van der Waals surface area contributed by atoms with Gasteiger partial charge in [-0.1, -0.05) is 12.1 Å². The van der Waals surface area contributed by atoms with Crippen LogP contribution in [0.2, 0.25) is 0 Å². The van der Waals surface area contributed by atoms with E-state index in [2.05, 4.69) is 0 Å². The monoisotopic (exact) mass is 276 g/mol. The molecule has 1 saturated carbocycles. The molecule has 0 spiro atoms. The Morgan fingerprint density at radius 3 is 2.75 bits per heavy atom. The molecule has 1 aromatic carbocycles. The minimum absolute atomic E-state index is 0.0622. The third-order valence-corrected chi connectivity index (χ3v) is 3.66. The second-order valence-electron chi connectivity index (χ2n) is 5.53. The van der Waals surface area contributed by atoms with Crippen LogP contribution in [-0.4, -0.2) is 30.0 Å². The summed E-state index contributed by atoms with van der Waals surface area (Å²) < 4.78 is 5.73. The van der Waals surface area contributed by atoms with E-state index in [1.165, 1.54) is 0 Å². The molecule has 1 amide bonds. The van der Waals surface area contributed by atoms with Crippen LogP contribution in [0, 0.1) is 6.92 Å². The fraction of sp³-hybridized carbons (Fsp3) is 0.562. The summed E-state index contributed by atoms with van der Waals surface area (Å²) in [7, 11) is 0. The summed E-state index contributed by atoms with van der Waals surface area (Å²) in [6.07, 6.45) is 2.24. The van der Waals surface area contributed by atoms with Crippen molar-refractivity contribution in [3.05, 3.63) is 29.3 Å². The topological polar surface area (TPSA) is 55.6 Å². The zero-order valence-electron chi connectivity index (χ0n) is 12.6. The van der Waals surface area contributed by atoms with Gasteiger partial charge in [-0.3, -0.25) is 4.79 Å². The van der Waals surface area contributed by atoms with Crippen molar-refractivity contribution in [2.45, 2.75) is 45.7 Å². The smallest absolute Gasteiger partial charge is 0.260 e. The van der Waals surface area contributed by atoms with Gasteiger partial charge in [-0.15, -0.1) is 0 Å². The van der Waals surface area contributed by atoms with Gasteiger partial charge in [0.25, 0.3) is 5.91 Å². The maximum atomic E-state index is 12.2. The van der Waals surface area contributed by atoms with Gasteiger partial charge in [-0.25, -0.2) is 0 Å². The summed E-state index contributed by atoms with van der Waals surface area (Å²) in [5.74, 6) is 0.785. The SMILES string of the molecule is CCN(C(=O)COc1cc(C)ccc1[C@@H](C)N)C1CC1. The van der Waals surface area contributed by atoms with Gasteiger partial charge in [0.1, 0.15) is 5.75 Å². The Bertz CT molecular complexity index is 481. The molecule has 0 radical (unpaired) electrons. The highest BCUT2D eigenvalue weighted by atomic mass is 16.5. The second-order valence-corrected chi connectivity index (χ2v) is 5.53. The van der Waals surface area contributed by atoms with Crippen LogP contribution in [-0.2, 0) is 4.79 Å². The predicted octanol–water partition coefficient (Wildman–Crippen LogP) is 2.40. The molecule has 0 aliphatic heterocycles. The first-order valence-electron chi connectivity index (χ1n) is 7.31. The van der Waals surface area contributed by atoms with Crippen LogP contribution in [0.5, 0.6) is 5.75 Å². The fourth-order valence-corrected chi connectivity index (χ4v) is 2.39. The number of hydrogen-bond acceptors (Lipinski definition) is 3. The quantitative estimate of drug-likeness (QED) is 0.868. The van der Waals surface area contributed by atoms with Crippen LogP contribution in [0.15, 0.2) is 18.2 Å². The number of rotatable bonds is 6. The molecule has 0 unspecified atom stereocenters. The number of nitrogens with two attached hydrogens (primary N) is 1. The predicted molar refractivity (Wildman–Crippen MR) is 79.7 cm³/mol. The number of aryl methyl sites for hydroxylation is 1. The lowest BCUT2D eigenvalue weighted by Crippen LogP contribution is -2.36. The zero-order chi connectivity index (χ0) is 14.7. The number of carbonyl (C=O) groups excluding carboxylic acids is 1. The van der Waals surface area contributed by atoms with E-state index in [-0.39, 0.29) is 18.6 Å². The Balaban J connectivity index is 2.02. The van der Waals surface area contributed by atoms with Crippen molar-refractivity contribution in [1.29, 1.82) is 0 Å². The lowest BCUT2D eigenvalue weighted by molar-refractivity contribution is -0.133. The van der Waals surface area contributed by atoms with Crippen LogP contribution in [0.25, 0.3) is 0 Å². The van der Waals surface area contributed by atoms with Gasteiger partial charge in [-0.05, 0) is 45.2 Å². The van der Waals surface area contributed by atoms with Gasteiger partial charge in [0.15, 0.2) is 6.61 Å². The average Bonchev–Trinajstić information content (AvgIpc) is 3.21. The standard InChI is InChI=1S/C16H24N2O2/c1-4-18(13-6-7-13)16(19)10-20-15-9-11(2)5-8-14(15)12(3)17/h5,8-9,12-13H,4,6-7,10,17H2,1-3H3/t12-/m1/s1. The molecular formula is C16H24N2O2. The summed E-state index contributed by atoms with van der Waals surface area (Å²) in [6, 6.07) is 6.25. The first-order valence-corrected chi connectivity index (χ1v) is 7.31. The van der Waals surface area contributed by atoms with Gasteiger partial charge >= 0.3 is 0 Å². The minimum Gasteiger partial charge on any atom is -0.483 e. The highest BCUT2D eigenvalue weighted by molar-refractivity contribution is 5.78. The Morgan fingerprint density at radius 2 is 2.20 bits per heavy atom. The average molecular weight is 276 g/mol. The number of ether oxygens (including phenoxy) is 1. The third kappa shape index (κ3) is 3.51. The number of likely N-dealkylation sites (N-methyl/N-ethyl adjacent to an activating group) is 1. The van der Waals surface area contributed by atoms with Gasteiger partial charge in [-0.2, -0.15) is 0 Å². The molecule has 0 saturated heterocycles. The zero-order valence-corrected chi connectivity index (χ0v) is 12.6. The van der Waals surface area contributed by atoms with Gasteiger partial charge in [0.05, 0.1) is 0 Å². The van der Waals surface area contributed by atoms with Crippen LogP contribution < -0.4 is 10.5 Å². The van der Waals surface area contributed by atoms with Gasteiger partial charge in [0.2, 0.25) is 0 Å². The van der Waals surface area contributed by atoms with Crippen molar-refractivity contribution in [3.63, 3.8) is 0 Å². The summed E-state index contributed by atoms with van der Waals surface area (Å²) in [5, 5.41) is 0. The van der Waals surface area contributed by atoms with E-state index in [1.54, 1.807) is 0 Å². The molecule has 110 valence electrons. The number of nitrogens with zero attached hydrogens (tertiary/aromatic N) is 1. The summed E-state index contributed by atoms with van der Waals surface area (Å²) in [6.45, 7) is 6.77. The fourth-order valence-electron chi connectivity index (χ4n) is 2.39. The van der Waals surface area contributed by atoms with Crippen molar-refractivity contribution in [2.24, 2.45) is 5.73 Å². The van der Waals surface area contributed by atoms with Crippen molar-refractivity contribution >= 4 is 5.91 Å². The van der Waals surface area contributed by atoms with E-state index in [4.69, 9.17) is 10.5 Å².